The van der Waals surface area contributed by atoms with Gasteiger partial charge < -0.3 is 9.47 Å². The van der Waals surface area contributed by atoms with E-state index in [2.05, 4.69) is 13.8 Å². The first-order chi connectivity index (χ1) is 11.6. The molecule has 0 bridgehead atoms. The quantitative estimate of drug-likeness (QED) is 0.188. The molecule has 0 N–H and O–H groups in total. The van der Waals surface area contributed by atoms with Gasteiger partial charge in [-0.05, 0) is 40.5 Å². The summed E-state index contributed by atoms with van der Waals surface area (Å²) >= 11 is 0. The van der Waals surface area contributed by atoms with Gasteiger partial charge in [0.05, 0.1) is 11.2 Å². The topological polar surface area (TPSA) is 72.5 Å². The van der Waals surface area contributed by atoms with Crippen LogP contribution in [-0.2, 0) is 29.0 Å². The Morgan fingerprint density at radius 3 is 1.19 bits per heavy atom. The van der Waals surface area contributed by atoms with Crippen molar-refractivity contribution in [2.24, 2.45) is 0 Å². The average molecular weight is 379 g/mol. The van der Waals surface area contributed by atoms with Crippen LogP contribution in [0.1, 0.15) is 94.9 Å². The largest absolute Gasteiger partial charge is 0.513 e. The summed E-state index contributed by atoms with van der Waals surface area (Å²) in [5.74, 6) is -2.64. The molecule has 0 saturated carbocycles. The highest BCUT2D eigenvalue weighted by atomic mass is 17.3. The van der Waals surface area contributed by atoms with Crippen LogP contribution in [0.2, 0.25) is 0 Å². The van der Waals surface area contributed by atoms with Gasteiger partial charge in [0.25, 0.3) is 0 Å². The number of hydrogen-bond donors (Lipinski definition) is 0. The predicted octanol–water partition coefficient (Wildman–Crippen LogP) is 5.67. The first-order valence-electron chi connectivity index (χ1n) is 9.29. The van der Waals surface area contributed by atoms with Crippen LogP contribution in [0.15, 0.2) is 0 Å². The van der Waals surface area contributed by atoms with Crippen LogP contribution in [0.4, 0.5) is 4.79 Å². The van der Waals surface area contributed by atoms with Crippen molar-refractivity contribution in [3.05, 3.63) is 0 Å². The number of carbonyl (C=O) groups excluding carboxylic acids is 1. The van der Waals surface area contributed by atoms with Crippen molar-refractivity contribution in [1.82, 2.24) is 0 Å². The standard InChI is InChI=1S/C19H38O7/c1-11-13-16(3,4)23-25-18(7,8)21-15(20)22-19(9,10)26-24-17(5,6)14-12-2/h11-14H2,1-10H3. The molecule has 0 spiro atoms. The van der Waals surface area contributed by atoms with Crippen LogP contribution in [0, 0.1) is 0 Å². The maximum Gasteiger partial charge on any atom is 0.513 e. The highest BCUT2D eigenvalue weighted by Gasteiger charge is 2.35. The second-order valence-electron chi connectivity index (χ2n) is 8.61. The molecule has 0 aromatic carbocycles. The van der Waals surface area contributed by atoms with Crippen molar-refractivity contribution in [3.8, 4) is 0 Å². The Labute approximate surface area is 158 Å². The number of carbonyl (C=O) groups is 1. The van der Waals surface area contributed by atoms with Gasteiger partial charge in [-0.2, -0.15) is 9.78 Å². The SMILES string of the molecule is CCCC(C)(C)OOC(C)(C)OC(=O)OC(C)(C)OOC(C)(C)CCC. The summed E-state index contributed by atoms with van der Waals surface area (Å²) in [6, 6.07) is 0. The van der Waals surface area contributed by atoms with E-state index >= 15 is 0 Å². The molecule has 7 heteroatoms. The van der Waals surface area contributed by atoms with E-state index in [0.29, 0.717) is 0 Å². The Balaban J connectivity index is 4.52. The number of hydrogen-bond acceptors (Lipinski definition) is 7. The van der Waals surface area contributed by atoms with Crippen molar-refractivity contribution >= 4 is 6.16 Å². The third-order valence-electron chi connectivity index (χ3n) is 3.30. The lowest BCUT2D eigenvalue weighted by Gasteiger charge is -2.32. The molecular weight excluding hydrogens is 340 g/mol. The van der Waals surface area contributed by atoms with Crippen molar-refractivity contribution < 1.29 is 33.8 Å². The summed E-state index contributed by atoms with van der Waals surface area (Å²) in [6.45, 7) is 17.9. The second-order valence-corrected chi connectivity index (χ2v) is 8.61. The number of ether oxygens (including phenoxy) is 2. The van der Waals surface area contributed by atoms with Gasteiger partial charge in [-0.3, -0.25) is 0 Å². The van der Waals surface area contributed by atoms with Crippen LogP contribution in [0.3, 0.4) is 0 Å². The van der Waals surface area contributed by atoms with Gasteiger partial charge in [0, 0.05) is 27.7 Å². The zero-order chi connectivity index (χ0) is 20.6. The molecule has 0 amide bonds. The maximum absolute atomic E-state index is 12.1. The lowest BCUT2D eigenvalue weighted by Crippen LogP contribution is -2.40. The Bertz CT molecular complexity index is 390. The van der Waals surface area contributed by atoms with E-state index in [9.17, 15) is 4.79 Å². The molecule has 0 aliphatic carbocycles. The van der Waals surface area contributed by atoms with Gasteiger partial charge in [0.1, 0.15) is 0 Å². The molecule has 0 aliphatic heterocycles. The van der Waals surface area contributed by atoms with Crippen LogP contribution < -0.4 is 0 Å². The zero-order valence-corrected chi connectivity index (χ0v) is 18.2. The average Bonchev–Trinajstić information content (AvgIpc) is 2.42. The van der Waals surface area contributed by atoms with E-state index in [1.165, 1.54) is 0 Å². The van der Waals surface area contributed by atoms with E-state index < -0.39 is 28.9 Å². The smallest absolute Gasteiger partial charge is 0.399 e. The van der Waals surface area contributed by atoms with Crippen LogP contribution in [0.5, 0.6) is 0 Å². The zero-order valence-electron chi connectivity index (χ0n) is 18.2. The Kier molecular flexibility index (Phi) is 9.54. The van der Waals surface area contributed by atoms with Crippen LogP contribution in [-0.4, -0.2) is 28.9 Å². The van der Waals surface area contributed by atoms with E-state index in [1.54, 1.807) is 27.7 Å². The van der Waals surface area contributed by atoms with Crippen molar-refractivity contribution in [1.29, 1.82) is 0 Å². The van der Waals surface area contributed by atoms with E-state index in [4.69, 9.17) is 29.0 Å². The van der Waals surface area contributed by atoms with Crippen LogP contribution >= 0.6 is 0 Å². The van der Waals surface area contributed by atoms with E-state index in [1.807, 2.05) is 27.7 Å². The van der Waals surface area contributed by atoms with Crippen molar-refractivity contribution in [2.75, 3.05) is 0 Å². The fraction of sp³-hybridized carbons (Fsp3) is 0.947. The summed E-state index contributed by atoms with van der Waals surface area (Å²) in [6.07, 6.45) is 2.55. The van der Waals surface area contributed by atoms with Crippen molar-refractivity contribution in [3.63, 3.8) is 0 Å². The van der Waals surface area contributed by atoms with Crippen LogP contribution in [0.25, 0.3) is 0 Å². The highest BCUT2D eigenvalue weighted by Crippen LogP contribution is 2.25. The maximum atomic E-state index is 12.1. The van der Waals surface area contributed by atoms with E-state index in [0.717, 1.165) is 25.7 Å². The molecule has 0 aromatic heterocycles. The summed E-state index contributed by atoms with van der Waals surface area (Å²) in [4.78, 5) is 33.4. The van der Waals surface area contributed by atoms with Gasteiger partial charge in [0.2, 0.25) is 11.6 Å². The van der Waals surface area contributed by atoms with Crippen molar-refractivity contribution in [2.45, 2.75) is 118 Å². The summed E-state index contributed by atoms with van der Waals surface area (Å²) in [5, 5.41) is 0. The molecule has 156 valence electrons. The molecule has 0 aromatic rings. The predicted molar refractivity (Wildman–Crippen MR) is 98.0 cm³/mol. The van der Waals surface area contributed by atoms with Gasteiger partial charge in [-0.15, -0.1) is 0 Å². The minimum atomic E-state index is -1.32. The molecule has 0 unspecified atom stereocenters. The molecule has 0 saturated heterocycles. The number of rotatable bonds is 12. The fourth-order valence-corrected chi connectivity index (χ4v) is 2.17. The molecule has 0 fully saturated rings. The fourth-order valence-electron chi connectivity index (χ4n) is 2.17. The molecule has 0 atom stereocenters. The van der Waals surface area contributed by atoms with Gasteiger partial charge in [0.15, 0.2) is 0 Å². The minimum absolute atomic E-state index is 0.486. The Hall–Kier alpha value is -0.890. The first kappa shape index (κ1) is 25.1. The molecule has 0 aliphatic rings. The summed E-state index contributed by atoms with van der Waals surface area (Å²) in [7, 11) is 0. The summed E-state index contributed by atoms with van der Waals surface area (Å²) in [5.41, 5.74) is -0.971. The minimum Gasteiger partial charge on any atom is -0.399 e. The molecule has 26 heavy (non-hydrogen) atoms. The second kappa shape index (κ2) is 9.88. The first-order valence-corrected chi connectivity index (χ1v) is 9.29. The highest BCUT2D eigenvalue weighted by molar-refractivity contribution is 5.60. The lowest BCUT2D eigenvalue weighted by molar-refractivity contribution is -0.458. The Morgan fingerprint density at radius 1 is 0.615 bits per heavy atom. The summed E-state index contributed by atoms with van der Waals surface area (Å²) < 4.78 is 10.4. The Morgan fingerprint density at radius 2 is 0.923 bits per heavy atom. The molecule has 0 rings (SSSR count). The normalized spacial score (nSPS) is 13.6. The van der Waals surface area contributed by atoms with Gasteiger partial charge >= 0.3 is 6.16 Å². The third-order valence-corrected chi connectivity index (χ3v) is 3.30. The molecule has 0 heterocycles. The third kappa shape index (κ3) is 11.7. The van der Waals surface area contributed by atoms with Gasteiger partial charge in [-0.25, -0.2) is 14.6 Å². The lowest BCUT2D eigenvalue weighted by atomic mass is 10.0. The monoisotopic (exact) mass is 378 g/mol. The van der Waals surface area contributed by atoms with Gasteiger partial charge in [-0.1, -0.05) is 26.7 Å². The van der Waals surface area contributed by atoms with E-state index in [-0.39, 0.29) is 0 Å². The molecule has 0 radical (unpaired) electrons. The molecule has 7 nitrogen and oxygen atoms in total. The molecular formula is C19H38O7.